The molecule has 3 rings (SSSR count). The number of carbonyl (C=O) groups is 1. The Balaban J connectivity index is 2.09. The first-order chi connectivity index (χ1) is 11.8. The quantitative estimate of drug-likeness (QED) is 0.815. The van der Waals surface area contributed by atoms with E-state index in [0.717, 1.165) is 9.87 Å². The predicted molar refractivity (Wildman–Crippen MR) is 98.9 cm³/mol. The Bertz CT molecular complexity index is 895. The molecule has 0 saturated heterocycles. The molecule has 7 heteroatoms. The van der Waals surface area contributed by atoms with E-state index in [1.54, 1.807) is 48.5 Å². The van der Waals surface area contributed by atoms with E-state index in [1.807, 2.05) is 13.8 Å². The lowest BCUT2D eigenvalue weighted by molar-refractivity contribution is 0.0846. The van der Waals surface area contributed by atoms with Gasteiger partial charge in [-0.15, -0.1) is 0 Å². The van der Waals surface area contributed by atoms with Gasteiger partial charge in [0.05, 0.1) is 17.8 Å². The van der Waals surface area contributed by atoms with E-state index in [9.17, 15) is 13.2 Å². The summed E-state index contributed by atoms with van der Waals surface area (Å²) in [4.78, 5) is 12.7. The fraction of sp³-hybridized carbons (Fsp3) is 0.278. The first kappa shape index (κ1) is 17.8. The summed E-state index contributed by atoms with van der Waals surface area (Å²) in [5, 5.41) is 0.585. The van der Waals surface area contributed by atoms with Gasteiger partial charge in [0, 0.05) is 11.6 Å². The van der Waals surface area contributed by atoms with Crippen LogP contribution in [0.15, 0.2) is 48.5 Å². The van der Waals surface area contributed by atoms with Gasteiger partial charge < -0.3 is 0 Å². The van der Waals surface area contributed by atoms with Crippen LogP contribution in [0.25, 0.3) is 0 Å². The third kappa shape index (κ3) is 3.37. The van der Waals surface area contributed by atoms with E-state index in [0.29, 0.717) is 16.3 Å². The second kappa shape index (κ2) is 6.69. The maximum atomic E-state index is 13.1. The summed E-state index contributed by atoms with van der Waals surface area (Å²) in [6.07, 6.45) is 0. The largest absolute Gasteiger partial charge is 0.329 e. The molecule has 0 bridgehead atoms. The molecule has 1 aliphatic heterocycles. The van der Waals surface area contributed by atoms with E-state index in [1.165, 1.54) is 4.31 Å². The number of amides is 1. The van der Waals surface area contributed by atoms with Crippen molar-refractivity contribution in [2.45, 2.75) is 20.4 Å². The number of para-hydroxylation sites is 1. The monoisotopic (exact) mass is 378 g/mol. The number of rotatable bonds is 4. The van der Waals surface area contributed by atoms with E-state index < -0.39 is 16.1 Å². The molecule has 25 heavy (non-hydrogen) atoms. The van der Waals surface area contributed by atoms with Crippen LogP contribution < -0.4 is 4.31 Å². The molecule has 2 aromatic carbocycles. The van der Waals surface area contributed by atoms with Gasteiger partial charge in [0.25, 0.3) is 5.91 Å². The molecule has 1 aliphatic rings. The zero-order valence-electron chi connectivity index (χ0n) is 14.0. The van der Waals surface area contributed by atoms with Crippen molar-refractivity contribution in [1.82, 2.24) is 4.31 Å². The first-order valence-corrected chi connectivity index (χ1v) is 9.76. The number of carbonyl (C=O) groups excluding carboxylic acids is 1. The van der Waals surface area contributed by atoms with E-state index in [4.69, 9.17) is 11.6 Å². The Hall–Kier alpha value is -2.05. The van der Waals surface area contributed by atoms with Gasteiger partial charge in [-0.3, -0.25) is 4.79 Å². The van der Waals surface area contributed by atoms with Crippen molar-refractivity contribution in [2.24, 2.45) is 5.92 Å². The standard InChI is InChI=1S/C18H19ClN2O3S/c1-13(2)11-21-18(22)16-5-3-4-6-17(16)20(25(21,23)24)12-14-7-9-15(19)10-8-14/h3-10,13H,11-12H2,1-2H3. The lowest BCUT2D eigenvalue weighted by Crippen LogP contribution is -2.52. The average molecular weight is 379 g/mol. The van der Waals surface area contributed by atoms with Crippen molar-refractivity contribution < 1.29 is 13.2 Å². The summed E-state index contributed by atoms with van der Waals surface area (Å²) in [5.74, 6) is -0.446. The SMILES string of the molecule is CC(C)CN1C(=O)c2ccccc2N(Cc2ccc(Cl)cc2)S1(=O)=O. The highest BCUT2D eigenvalue weighted by atomic mass is 35.5. The summed E-state index contributed by atoms with van der Waals surface area (Å²) in [7, 11) is -3.95. The van der Waals surface area contributed by atoms with Crippen molar-refractivity contribution in [2.75, 3.05) is 10.8 Å². The van der Waals surface area contributed by atoms with Crippen LogP contribution in [0, 0.1) is 5.92 Å². The van der Waals surface area contributed by atoms with Gasteiger partial charge in [0.15, 0.2) is 0 Å². The van der Waals surface area contributed by atoms with Crippen molar-refractivity contribution in [3.8, 4) is 0 Å². The Labute approximate surface area is 153 Å². The summed E-state index contributed by atoms with van der Waals surface area (Å²) < 4.78 is 28.5. The molecule has 0 N–H and O–H groups in total. The van der Waals surface area contributed by atoms with Crippen LogP contribution in [-0.4, -0.2) is 25.2 Å². The number of hydrogen-bond acceptors (Lipinski definition) is 3. The lowest BCUT2D eigenvalue weighted by atomic mass is 10.1. The van der Waals surface area contributed by atoms with Crippen molar-refractivity contribution in [3.63, 3.8) is 0 Å². The number of halogens is 1. The number of fused-ring (bicyclic) bond motifs is 1. The minimum atomic E-state index is -3.95. The molecule has 0 spiro atoms. The summed E-state index contributed by atoms with van der Waals surface area (Å²) in [5.41, 5.74) is 1.59. The molecule has 1 heterocycles. The Morgan fingerprint density at radius 3 is 2.28 bits per heavy atom. The van der Waals surface area contributed by atoms with Crippen LogP contribution in [0.5, 0.6) is 0 Å². The molecule has 0 aromatic heterocycles. The third-order valence-electron chi connectivity index (χ3n) is 3.96. The molecule has 0 radical (unpaired) electrons. The Kier molecular flexibility index (Phi) is 4.75. The zero-order chi connectivity index (χ0) is 18.2. The van der Waals surface area contributed by atoms with Crippen LogP contribution in [0.3, 0.4) is 0 Å². The fourth-order valence-corrected chi connectivity index (χ4v) is 4.66. The summed E-state index contributed by atoms with van der Waals surface area (Å²) in [6.45, 7) is 4.05. The van der Waals surface area contributed by atoms with Crippen molar-refractivity contribution in [3.05, 3.63) is 64.7 Å². The second-order valence-corrected chi connectivity index (χ2v) is 8.60. The zero-order valence-corrected chi connectivity index (χ0v) is 15.6. The highest BCUT2D eigenvalue weighted by Gasteiger charge is 2.41. The van der Waals surface area contributed by atoms with Crippen LogP contribution >= 0.6 is 11.6 Å². The molecule has 1 amide bonds. The molecular weight excluding hydrogens is 360 g/mol. The minimum Gasteiger partial charge on any atom is -0.268 e. The van der Waals surface area contributed by atoms with Gasteiger partial charge in [-0.05, 0) is 35.7 Å². The van der Waals surface area contributed by atoms with Crippen LogP contribution in [0.4, 0.5) is 5.69 Å². The number of hydrogen-bond donors (Lipinski definition) is 0. The number of benzene rings is 2. The summed E-state index contributed by atoms with van der Waals surface area (Å²) in [6, 6.07) is 13.8. The van der Waals surface area contributed by atoms with E-state index in [-0.39, 0.29) is 19.0 Å². The molecule has 5 nitrogen and oxygen atoms in total. The molecule has 0 aliphatic carbocycles. The Morgan fingerprint density at radius 2 is 1.64 bits per heavy atom. The van der Waals surface area contributed by atoms with Gasteiger partial charge in [-0.25, -0.2) is 8.61 Å². The highest BCUT2D eigenvalue weighted by molar-refractivity contribution is 7.91. The van der Waals surface area contributed by atoms with Gasteiger partial charge in [0.2, 0.25) is 0 Å². The Morgan fingerprint density at radius 1 is 1.00 bits per heavy atom. The number of nitrogens with zero attached hydrogens (tertiary/aromatic N) is 2. The van der Waals surface area contributed by atoms with Crippen LogP contribution in [-0.2, 0) is 16.8 Å². The molecule has 2 aromatic rings. The fourth-order valence-electron chi connectivity index (χ4n) is 2.79. The number of anilines is 1. The van der Waals surface area contributed by atoms with Gasteiger partial charge in [-0.2, -0.15) is 8.42 Å². The second-order valence-electron chi connectivity index (χ2n) is 6.39. The maximum Gasteiger partial charge on any atom is 0.329 e. The topological polar surface area (TPSA) is 57.7 Å². The average Bonchev–Trinajstić information content (AvgIpc) is 2.57. The molecule has 0 saturated carbocycles. The predicted octanol–water partition coefficient (Wildman–Crippen LogP) is 3.70. The highest BCUT2D eigenvalue weighted by Crippen LogP contribution is 2.34. The van der Waals surface area contributed by atoms with E-state index in [2.05, 4.69) is 0 Å². The van der Waals surface area contributed by atoms with Gasteiger partial charge in [0.1, 0.15) is 0 Å². The molecule has 0 unspecified atom stereocenters. The van der Waals surface area contributed by atoms with Crippen molar-refractivity contribution >= 4 is 33.4 Å². The van der Waals surface area contributed by atoms with E-state index >= 15 is 0 Å². The normalized spacial score (nSPS) is 16.2. The smallest absolute Gasteiger partial charge is 0.268 e. The van der Waals surface area contributed by atoms with Crippen LogP contribution in [0.1, 0.15) is 29.8 Å². The minimum absolute atomic E-state index is 0.0290. The van der Waals surface area contributed by atoms with Crippen LogP contribution in [0.2, 0.25) is 5.02 Å². The summed E-state index contributed by atoms with van der Waals surface area (Å²) >= 11 is 5.91. The molecular formula is C18H19ClN2O3S. The lowest BCUT2D eigenvalue weighted by Gasteiger charge is -2.37. The third-order valence-corrected chi connectivity index (χ3v) is 5.96. The maximum absolute atomic E-state index is 13.1. The first-order valence-electron chi connectivity index (χ1n) is 7.99. The van der Waals surface area contributed by atoms with Gasteiger partial charge in [-0.1, -0.05) is 49.7 Å². The molecule has 0 atom stereocenters. The molecule has 0 fully saturated rings. The van der Waals surface area contributed by atoms with Crippen molar-refractivity contribution in [1.29, 1.82) is 0 Å². The molecule has 132 valence electrons. The van der Waals surface area contributed by atoms with Gasteiger partial charge >= 0.3 is 10.2 Å².